The van der Waals surface area contributed by atoms with Gasteiger partial charge in [-0.05, 0) is 57.0 Å². The average molecular weight is 606 g/mol. The fourth-order valence-corrected chi connectivity index (χ4v) is 7.89. The first-order chi connectivity index (χ1) is 20.6. The summed E-state index contributed by atoms with van der Waals surface area (Å²) in [7, 11) is 0. The zero-order valence-electron chi connectivity index (χ0n) is 26.1. The monoisotopic (exact) mass is 605 g/mol. The van der Waals surface area contributed by atoms with Crippen molar-refractivity contribution in [3.8, 4) is 0 Å². The van der Waals surface area contributed by atoms with Gasteiger partial charge in [0, 0.05) is 51.3 Å². The van der Waals surface area contributed by atoms with E-state index in [0.717, 1.165) is 37.9 Å². The molecule has 5 rings (SSSR count). The van der Waals surface area contributed by atoms with Gasteiger partial charge in [-0.3, -0.25) is 19.4 Å². The van der Waals surface area contributed by atoms with E-state index in [9.17, 15) is 9.59 Å². The van der Waals surface area contributed by atoms with Gasteiger partial charge in [-0.25, -0.2) is 4.39 Å². The second kappa shape index (κ2) is 13.4. The van der Waals surface area contributed by atoms with Gasteiger partial charge in [-0.15, -0.1) is 0 Å². The Balaban J connectivity index is 1.33. The number of likely N-dealkylation sites (tertiary alicyclic amines) is 1. The minimum absolute atomic E-state index is 0.127. The Morgan fingerprint density at radius 1 is 1.14 bits per heavy atom. The molecule has 2 amide bonds. The molecule has 4 fully saturated rings. The lowest BCUT2D eigenvalue weighted by atomic mass is 9.87. The fraction of sp³-hybridized carbons (Fsp3) is 0.806. The summed E-state index contributed by atoms with van der Waals surface area (Å²) in [5.74, 6) is 1.49. The molecular formula is C31H51F2N8O2+. The number of fused-ring (bicyclic) bond motifs is 1. The van der Waals surface area contributed by atoms with Crippen molar-refractivity contribution in [1.29, 1.82) is 0 Å². The Bertz CT molecular complexity index is 1160. The molecule has 0 aromatic carbocycles. The van der Waals surface area contributed by atoms with Crippen LogP contribution in [0, 0.1) is 17.3 Å². The van der Waals surface area contributed by atoms with E-state index in [1.165, 1.54) is 0 Å². The second-order valence-electron chi connectivity index (χ2n) is 13.3. The molecule has 3 saturated heterocycles. The topological polar surface area (TPSA) is 123 Å². The summed E-state index contributed by atoms with van der Waals surface area (Å²) in [6, 6.07) is -1.08. The first kappa shape index (κ1) is 32.2. The third-order valence-corrected chi connectivity index (χ3v) is 10.3. The fourth-order valence-electron chi connectivity index (χ4n) is 7.89. The number of piperazine rings is 1. The van der Waals surface area contributed by atoms with Crippen molar-refractivity contribution < 1.29 is 22.9 Å². The minimum atomic E-state index is -1.20. The number of carbonyl (C=O) groups is 2. The van der Waals surface area contributed by atoms with Crippen molar-refractivity contribution in [2.75, 3.05) is 65.4 Å². The lowest BCUT2D eigenvalue weighted by Gasteiger charge is -2.46. The van der Waals surface area contributed by atoms with Gasteiger partial charge in [0.25, 0.3) is 0 Å². The molecule has 6 N–H and O–H groups in total. The summed E-state index contributed by atoms with van der Waals surface area (Å²) < 4.78 is 32.3. The third kappa shape index (κ3) is 6.89. The number of amides is 2. The van der Waals surface area contributed by atoms with Crippen LogP contribution in [0.15, 0.2) is 17.1 Å². The number of rotatable bonds is 9. The molecule has 0 spiro atoms. The highest BCUT2D eigenvalue weighted by Crippen LogP contribution is 2.61. The van der Waals surface area contributed by atoms with Crippen molar-refractivity contribution >= 4 is 17.7 Å². The van der Waals surface area contributed by atoms with Gasteiger partial charge in [0.15, 0.2) is 12.5 Å². The number of nitrogens with one attached hydrogen (secondary N) is 2. The lowest BCUT2D eigenvalue weighted by molar-refractivity contribution is -0.474. The van der Waals surface area contributed by atoms with Crippen LogP contribution in [0.25, 0.3) is 0 Å². The van der Waals surface area contributed by atoms with Crippen molar-refractivity contribution in [3.63, 3.8) is 0 Å². The van der Waals surface area contributed by atoms with Crippen molar-refractivity contribution in [3.05, 3.63) is 17.1 Å². The molecule has 0 radical (unpaired) electrons. The molecule has 0 aromatic rings. The lowest BCUT2D eigenvalue weighted by Crippen LogP contribution is -2.68. The predicted molar refractivity (Wildman–Crippen MR) is 162 cm³/mol. The number of nitrogens with zero attached hydrogens (tertiary/aromatic N) is 4. The van der Waals surface area contributed by atoms with E-state index in [4.69, 9.17) is 11.5 Å². The molecule has 0 bridgehead atoms. The summed E-state index contributed by atoms with van der Waals surface area (Å²) in [6.07, 6.45) is 1.88. The highest BCUT2D eigenvalue weighted by molar-refractivity contribution is 5.82. The van der Waals surface area contributed by atoms with Gasteiger partial charge in [0.05, 0.1) is 24.8 Å². The number of allylic oxidation sites excluding steroid dienone is 2. The summed E-state index contributed by atoms with van der Waals surface area (Å²) in [5.41, 5.74) is 14.1. The van der Waals surface area contributed by atoms with Crippen molar-refractivity contribution in [2.45, 2.75) is 77.3 Å². The van der Waals surface area contributed by atoms with Crippen LogP contribution in [-0.4, -0.2) is 127 Å². The summed E-state index contributed by atoms with van der Waals surface area (Å²) in [6.45, 7) is 11.5. The number of alkyl halides is 1. The Morgan fingerprint density at radius 2 is 1.84 bits per heavy atom. The van der Waals surface area contributed by atoms with Crippen LogP contribution in [-0.2, 0) is 9.59 Å². The SMILES string of the molecule is CCC1=C(C(C(=O)NC2CNCC(F)C2N2CCN(C(=O)CN3CCCC3)CC2)C(N)N)[N+](CC)=C=C(F)CC2(C)CC12. The Morgan fingerprint density at radius 3 is 2.47 bits per heavy atom. The van der Waals surface area contributed by atoms with Crippen LogP contribution in [0.2, 0.25) is 0 Å². The molecule has 43 heavy (non-hydrogen) atoms. The molecule has 4 heterocycles. The highest BCUT2D eigenvalue weighted by Gasteiger charge is 2.56. The maximum Gasteiger partial charge on any atom is 0.237 e. The zero-order chi connectivity index (χ0) is 30.9. The first-order valence-electron chi connectivity index (χ1n) is 16.2. The van der Waals surface area contributed by atoms with Gasteiger partial charge in [0.1, 0.15) is 6.17 Å². The van der Waals surface area contributed by atoms with E-state index in [1.807, 2.05) is 18.7 Å². The average Bonchev–Trinajstić information content (AvgIpc) is 3.33. The number of carbonyl (C=O) groups excluding carboxylic acids is 2. The van der Waals surface area contributed by atoms with Crippen LogP contribution in [0.1, 0.15) is 52.9 Å². The van der Waals surface area contributed by atoms with Crippen LogP contribution in [0.3, 0.4) is 0 Å². The molecule has 5 aliphatic rings. The molecule has 1 saturated carbocycles. The number of piperidine rings is 1. The Labute approximate surface area is 254 Å². The maximum absolute atomic E-state index is 15.6. The minimum Gasteiger partial charge on any atom is -0.350 e. The Kier molecular flexibility index (Phi) is 10.0. The van der Waals surface area contributed by atoms with E-state index >= 15 is 8.78 Å². The summed E-state index contributed by atoms with van der Waals surface area (Å²) >= 11 is 0. The van der Waals surface area contributed by atoms with E-state index in [0.29, 0.717) is 64.4 Å². The molecule has 1 aliphatic carbocycles. The van der Waals surface area contributed by atoms with Crippen LogP contribution in [0.5, 0.6) is 0 Å². The number of hydrogen-bond acceptors (Lipinski definition) is 7. The largest absolute Gasteiger partial charge is 0.350 e. The number of nitrogens with two attached hydrogens (primary N) is 2. The predicted octanol–water partition coefficient (Wildman–Crippen LogP) is 0.530. The summed E-state index contributed by atoms with van der Waals surface area (Å²) in [4.78, 5) is 33.1. The normalized spacial score (nSPS) is 33.0. The third-order valence-electron chi connectivity index (χ3n) is 10.3. The number of halogens is 2. The van der Waals surface area contributed by atoms with Gasteiger partial charge >= 0.3 is 0 Å². The quantitative estimate of drug-likeness (QED) is 0.224. The molecule has 10 nitrogen and oxygen atoms in total. The van der Waals surface area contributed by atoms with Crippen LogP contribution >= 0.6 is 0 Å². The van der Waals surface area contributed by atoms with Gasteiger partial charge in [0.2, 0.25) is 29.2 Å². The first-order valence-corrected chi connectivity index (χ1v) is 16.2. The number of hydrogen-bond donors (Lipinski definition) is 4. The van der Waals surface area contributed by atoms with E-state index < -0.39 is 30.3 Å². The van der Waals surface area contributed by atoms with Gasteiger partial charge in [-0.2, -0.15) is 8.97 Å². The molecule has 4 aliphatic heterocycles. The van der Waals surface area contributed by atoms with E-state index in [1.54, 1.807) is 4.58 Å². The van der Waals surface area contributed by atoms with Crippen molar-refractivity contribution in [1.82, 2.24) is 25.3 Å². The van der Waals surface area contributed by atoms with E-state index in [2.05, 4.69) is 33.2 Å². The second-order valence-corrected chi connectivity index (χ2v) is 13.3. The van der Waals surface area contributed by atoms with Crippen LogP contribution in [0.4, 0.5) is 8.78 Å². The molecule has 12 heteroatoms. The van der Waals surface area contributed by atoms with Crippen molar-refractivity contribution in [2.24, 2.45) is 28.7 Å². The molecule has 0 aromatic heterocycles. The molecule has 240 valence electrons. The van der Waals surface area contributed by atoms with Gasteiger partial charge in [-0.1, -0.05) is 13.8 Å². The van der Waals surface area contributed by atoms with Gasteiger partial charge < -0.3 is 27.0 Å². The highest BCUT2D eigenvalue weighted by atomic mass is 19.1. The molecule has 6 unspecified atom stereocenters. The van der Waals surface area contributed by atoms with Crippen LogP contribution < -0.4 is 22.1 Å². The van der Waals surface area contributed by atoms with E-state index in [-0.39, 0.29) is 35.5 Å². The molecule has 6 atom stereocenters. The smallest absolute Gasteiger partial charge is 0.237 e. The standard InChI is InChI=1S/C31H50F2N8O2/c1-4-21-22-15-31(22,3)14-20(32)18-39(5-2)27(21)26(29(34)35)30(43)37-24-17-36-16-23(33)28(24)41-12-10-40(11-13-41)25(42)19-38-8-6-7-9-38/h22-24,26,28-29,36H,4-17,19,34-35H2,1-3H3/p+1. The zero-order valence-corrected chi connectivity index (χ0v) is 26.1. The Hall–Kier alpha value is -2.21. The summed E-state index contributed by atoms with van der Waals surface area (Å²) in [5, 5.41) is 6.23. The molecular weight excluding hydrogens is 554 g/mol. The maximum atomic E-state index is 15.6.